The van der Waals surface area contributed by atoms with Gasteiger partial charge in [-0.1, -0.05) is 12.1 Å². The minimum Gasteiger partial charge on any atom is -0.334 e. The lowest BCUT2D eigenvalue weighted by Crippen LogP contribution is -2.36. The van der Waals surface area contributed by atoms with Gasteiger partial charge in [0.25, 0.3) is 0 Å². The quantitative estimate of drug-likeness (QED) is 0.908. The van der Waals surface area contributed by atoms with Crippen LogP contribution in [0.2, 0.25) is 0 Å². The third kappa shape index (κ3) is 4.05. The molecule has 2 amide bonds. The summed E-state index contributed by atoms with van der Waals surface area (Å²) in [5, 5.41) is 9.85. The summed E-state index contributed by atoms with van der Waals surface area (Å²) in [5.74, 6) is -0.288. The van der Waals surface area contributed by atoms with Crippen LogP contribution in [0, 0.1) is 12.7 Å². The van der Waals surface area contributed by atoms with Gasteiger partial charge < -0.3 is 10.6 Å². The Kier molecular flexibility index (Phi) is 4.57. The zero-order valence-electron chi connectivity index (χ0n) is 12.4. The Hall–Kier alpha value is -2.37. The van der Waals surface area contributed by atoms with E-state index in [0.717, 1.165) is 16.8 Å². The molecule has 0 radical (unpaired) electrons. The maximum absolute atomic E-state index is 12.8. The molecule has 0 aliphatic carbocycles. The first-order valence-corrected chi connectivity index (χ1v) is 6.74. The van der Waals surface area contributed by atoms with Crippen LogP contribution in [-0.2, 0) is 13.6 Å². The van der Waals surface area contributed by atoms with Gasteiger partial charge in [-0.2, -0.15) is 5.10 Å². The zero-order valence-corrected chi connectivity index (χ0v) is 12.4. The molecule has 5 nitrogen and oxygen atoms in total. The predicted molar refractivity (Wildman–Crippen MR) is 78.1 cm³/mol. The molecule has 0 aliphatic heterocycles. The smallest absolute Gasteiger partial charge is 0.315 e. The number of carbonyl (C=O) groups is 1. The second kappa shape index (κ2) is 6.39. The predicted octanol–water partition coefficient (Wildman–Crippen LogP) is 2.43. The van der Waals surface area contributed by atoms with Crippen molar-refractivity contribution in [3.63, 3.8) is 0 Å². The fraction of sp³-hybridized carbons (Fsp3) is 0.333. The molecule has 0 saturated carbocycles. The number of amides is 2. The van der Waals surface area contributed by atoms with E-state index in [2.05, 4.69) is 15.7 Å². The largest absolute Gasteiger partial charge is 0.334 e. The summed E-state index contributed by atoms with van der Waals surface area (Å²) in [6.07, 6.45) is 1.89. The van der Waals surface area contributed by atoms with Gasteiger partial charge in [-0.05, 0) is 31.5 Å². The van der Waals surface area contributed by atoms with Gasteiger partial charge >= 0.3 is 6.03 Å². The summed E-state index contributed by atoms with van der Waals surface area (Å²) in [7, 11) is 1.85. The molecular formula is C15H19FN4O. The van der Waals surface area contributed by atoms with Crippen LogP contribution in [0.1, 0.15) is 29.8 Å². The highest BCUT2D eigenvalue weighted by atomic mass is 19.1. The number of nitrogens with one attached hydrogen (secondary N) is 2. The van der Waals surface area contributed by atoms with E-state index in [1.54, 1.807) is 16.8 Å². The molecule has 21 heavy (non-hydrogen) atoms. The Morgan fingerprint density at radius 1 is 1.38 bits per heavy atom. The second-order valence-corrected chi connectivity index (χ2v) is 5.02. The van der Waals surface area contributed by atoms with Crippen LogP contribution in [0.25, 0.3) is 0 Å². The van der Waals surface area contributed by atoms with E-state index in [9.17, 15) is 9.18 Å². The standard InChI is InChI=1S/C15H19FN4O/c1-10(14-9-20(3)19-11(14)2)18-15(21)17-8-12-4-6-13(16)7-5-12/h4-7,9-10H,8H2,1-3H3,(H2,17,18,21). The van der Waals surface area contributed by atoms with Crippen LogP contribution in [0.5, 0.6) is 0 Å². The van der Waals surface area contributed by atoms with Gasteiger partial charge in [-0.15, -0.1) is 0 Å². The summed E-state index contributed by atoms with van der Waals surface area (Å²) in [5.41, 5.74) is 2.72. The molecule has 0 spiro atoms. The molecule has 0 saturated heterocycles. The Bertz CT molecular complexity index is 621. The number of aromatic nitrogens is 2. The fourth-order valence-corrected chi connectivity index (χ4v) is 2.15. The van der Waals surface area contributed by atoms with E-state index < -0.39 is 0 Å². The average molecular weight is 290 g/mol. The highest BCUT2D eigenvalue weighted by molar-refractivity contribution is 5.74. The van der Waals surface area contributed by atoms with Crippen molar-refractivity contribution >= 4 is 6.03 Å². The van der Waals surface area contributed by atoms with Crippen molar-refractivity contribution in [3.8, 4) is 0 Å². The van der Waals surface area contributed by atoms with Crippen LogP contribution in [-0.4, -0.2) is 15.8 Å². The summed E-state index contributed by atoms with van der Waals surface area (Å²) in [4.78, 5) is 11.9. The summed E-state index contributed by atoms with van der Waals surface area (Å²) < 4.78 is 14.5. The van der Waals surface area contributed by atoms with Crippen LogP contribution < -0.4 is 10.6 Å². The van der Waals surface area contributed by atoms with Gasteiger partial charge in [0.05, 0.1) is 11.7 Å². The van der Waals surface area contributed by atoms with Crippen LogP contribution in [0.4, 0.5) is 9.18 Å². The van der Waals surface area contributed by atoms with Crippen LogP contribution in [0.15, 0.2) is 30.5 Å². The summed E-state index contributed by atoms with van der Waals surface area (Å²) >= 11 is 0. The number of nitrogens with zero attached hydrogens (tertiary/aromatic N) is 2. The third-order valence-corrected chi connectivity index (χ3v) is 3.23. The van der Waals surface area contributed by atoms with Crippen LogP contribution >= 0.6 is 0 Å². The van der Waals surface area contributed by atoms with Crippen molar-refractivity contribution in [3.05, 3.63) is 53.1 Å². The fourth-order valence-electron chi connectivity index (χ4n) is 2.15. The Labute approximate surface area is 123 Å². The summed E-state index contributed by atoms with van der Waals surface area (Å²) in [6, 6.07) is 5.63. The first kappa shape index (κ1) is 15.0. The number of benzene rings is 1. The molecule has 2 N–H and O–H groups in total. The van der Waals surface area contributed by atoms with Crippen molar-refractivity contribution < 1.29 is 9.18 Å². The Balaban J connectivity index is 1.87. The van der Waals surface area contributed by atoms with Gasteiger partial charge in [0.2, 0.25) is 0 Å². The number of halogens is 1. The van der Waals surface area contributed by atoms with E-state index in [1.165, 1.54) is 12.1 Å². The molecule has 1 aromatic heterocycles. The Morgan fingerprint density at radius 2 is 2.05 bits per heavy atom. The molecule has 2 aromatic rings. The van der Waals surface area contributed by atoms with E-state index in [1.807, 2.05) is 27.1 Å². The van der Waals surface area contributed by atoms with E-state index in [-0.39, 0.29) is 17.9 Å². The molecular weight excluding hydrogens is 271 g/mol. The molecule has 2 rings (SSSR count). The molecule has 1 aromatic carbocycles. The summed E-state index contributed by atoms with van der Waals surface area (Å²) in [6.45, 7) is 4.16. The maximum atomic E-state index is 12.8. The van der Waals surface area contributed by atoms with Gasteiger partial charge in [-0.3, -0.25) is 4.68 Å². The lowest BCUT2D eigenvalue weighted by atomic mass is 10.1. The minimum absolute atomic E-state index is 0.132. The zero-order chi connectivity index (χ0) is 15.4. The third-order valence-electron chi connectivity index (χ3n) is 3.23. The SMILES string of the molecule is Cc1nn(C)cc1C(C)NC(=O)NCc1ccc(F)cc1. The number of carbonyl (C=O) groups excluding carboxylic acids is 1. The Morgan fingerprint density at radius 3 is 2.62 bits per heavy atom. The van der Waals surface area contributed by atoms with E-state index in [4.69, 9.17) is 0 Å². The second-order valence-electron chi connectivity index (χ2n) is 5.02. The monoisotopic (exact) mass is 290 g/mol. The number of urea groups is 1. The molecule has 0 aliphatic rings. The number of hydrogen-bond donors (Lipinski definition) is 2. The first-order chi connectivity index (χ1) is 9.95. The number of rotatable bonds is 4. The van der Waals surface area contributed by atoms with E-state index >= 15 is 0 Å². The van der Waals surface area contributed by atoms with Gasteiger partial charge in [0.15, 0.2) is 0 Å². The average Bonchev–Trinajstić information content (AvgIpc) is 2.77. The minimum atomic E-state index is -0.288. The van der Waals surface area contributed by atoms with Gasteiger partial charge in [0.1, 0.15) is 5.82 Å². The van der Waals surface area contributed by atoms with Crippen molar-refractivity contribution in [1.29, 1.82) is 0 Å². The first-order valence-electron chi connectivity index (χ1n) is 6.74. The lowest BCUT2D eigenvalue weighted by molar-refractivity contribution is 0.237. The molecule has 1 unspecified atom stereocenters. The highest BCUT2D eigenvalue weighted by Gasteiger charge is 2.13. The highest BCUT2D eigenvalue weighted by Crippen LogP contribution is 2.15. The van der Waals surface area contributed by atoms with Crippen molar-refractivity contribution in [2.75, 3.05) is 0 Å². The molecule has 1 atom stereocenters. The van der Waals surface area contributed by atoms with Gasteiger partial charge in [0, 0.05) is 25.4 Å². The van der Waals surface area contributed by atoms with Crippen molar-refractivity contribution in [2.45, 2.75) is 26.4 Å². The lowest BCUT2D eigenvalue weighted by Gasteiger charge is -2.14. The maximum Gasteiger partial charge on any atom is 0.315 e. The molecule has 112 valence electrons. The normalized spacial score (nSPS) is 12.0. The van der Waals surface area contributed by atoms with Crippen molar-refractivity contribution in [2.24, 2.45) is 7.05 Å². The van der Waals surface area contributed by atoms with Gasteiger partial charge in [-0.25, -0.2) is 9.18 Å². The molecule has 0 fully saturated rings. The molecule has 1 heterocycles. The van der Waals surface area contributed by atoms with E-state index in [0.29, 0.717) is 6.54 Å². The topological polar surface area (TPSA) is 59.0 Å². The molecule has 6 heteroatoms. The van der Waals surface area contributed by atoms with Crippen LogP contribution in [0.3, 0.4) is 0 Å². The molecule has 0 bridgehead atoms. The number of hydrogen-bond acceptors (Lipinski definition) is 2. The number of aryl methyl sites for hydroxylation is 2. The van der Waals surface area contributed by atoms with Crippen molar-refractivity contribution in [1.82, 2.24) is 20.4 Å².